The second-order valence-corrected chi connectivity index (χ2v) is 4.55. The highest BCUT2D eigenvalue weighted by molar-refractivity contribution is 5.38. The molecule has 1 aromatic carbocycles. The molecule has 20 heavy (non-hydrogen) atoms. The maximum atomic E-state index is 12.0. The molecule has 0 aliphatic carbocycles. The second kappa shape index (κ2) is 7.50. The van der Waals surface area contributed by atoms with Crippen LogP contribution in [0.2, 0.25) is 0 Å². The van der Waals surface area contributed by atoms with Crippen molar-refractivity contribution in [3.8, 4) is 5.75 Å². The summed E-state index contributed by atoms with van der Waals surface area (Å²) in [4.78, 5) is 0. The van der Waals surface area contributed by atoms with Crippen molar-refractivity contribution < 1.29 is 22.6 Å². The van der Waals surface area contributed by atoms with Crippen LogP contribution in [-0.2, 0) is 4.74 Å². The van der Waals surface area contributed by atoms with Gasteiger partial charge in [0.2, 0.25) is 0 Å². The van der Waals surface area contributed by atoms with E-state index in [1.165, 1.54) is 0 Å². The molecule has 0 saturated carbocycles. The molecule has 0 amide bonds. The van der Waals surface area contributed by atoms with E-state index in [1.807, 2.05) is 32.9 Å². The monoisotopic (exact) mass is 291 g/mol. The van der Waals surface area contributed by atoms with Gasteiger partial charge in [-0.3, -0.25) is 0 Å². The number of alkyl halides is 3. The molecule has 0 radical (unpaired) electrons. The van der Waals surface area contributed by atoms with Crippen LogP contribution in [0, 0.1) is 6.92 Å². The van der Waals surface area contributed by atoms with E-state index in [1.54, 1.807) is 6.07 Å². The molecule has 0 heterocycles. The standard InChI is InChI=1S/C14H20F3NO2/c1-4-18-11(3)12-7-10(2)5-6-13(12)20-9-19-8-14(15,16)17/h5-7,11,18H,4,8-9H2,1-3H3. The lowest BCUT2D eigenvalue weighted by Crippen LogP contribution is -2.21. The minimum absolute atomic E-state index is 0.0533. The molecule has 0 aliphatic heterocycles. The largest absolute Gasteiger partial charge is 0.467 e. The average molecular weight is 291 g/mol. The molecule has 0 spiro atoms. The van der Waals surface area contributed by atoms with E-state index >= 15 is 0 Å². The maximum absolute atomic E-state index is 12.0. The highest BCUT2D eigenvalue weighted by Gasteiger charge is 2.27. The average Bonchev–Trinajstić information content (AvgIpc) is 2.35. The first kappa shape index (κ1) is 16.8. The van der Waals surface area contributed by atoms with Crippen molar-refractivity contribution in [1.29, 1.82) is 0 Å². The molecular weight excluding hydrogens is 271 g/mol. The molecule has 0 saturated heterocycles. The van der Waals surface area contributed by atoms with Gasteiger partial charge in [-0.15, -0.1) is 0 Å². The number of rotatable bonds is 7. The molecule has 1 N–H and O–H groups in total. The topological polar surface area (TPSA) is 30.5 Å². The van der Waals surface area contributed by atoms with Crippen molar-refractivity contribution in [3.05, 3.63) is 29.3 Å². The van der Waals surface area contributed by atoms with E-state index in [0.29, 0.717) is 5.75 Å². The van der Waals surface area contributed by atoms with Crippen molar-refractivity contribution in [3.63, 3.8) is 0 Å². The summed E-state index contributed by atoms with van der Waals surface area (Å²) >= 11 is 0. The van der Waals surface area contributed by atoms with Crippen molar-refractivity contribution in [2.75, 3.05) is 19.9 Å². The van der Waals surface area contributed by atoms with Crippen LogP contribution in [0.5, 0.6) is 5.75 Å². The van der Waals surface area contributed by atoms with Gasteiger partial charge in [-0.05, 0) is 26.5 Å². The first-order chi connectivity index (χ1) is 9.33. The van der Waals surface area contributed by atoms with Gasteiger partial charge < -0.3 is 14.8 Å². The quantitative estimate of drug-likeness (QED) is 0.615. The van der Waals surface area contributed by atoms with Gasteiger partial charge in [0.25, 0.3) is 0 Å². The van der Waals surface area contributed by atoms with Crippen LogP contribution in [0.15, 0.2) is 18.2 Å². The van der Waals surface area contributed by atoms with Crippen LogP contribution in [0.4, 0.5) is 13.2 Å². The number of hydrogen-bond acceptors (Lipinski definition) is 3. The summed E-state index contributed by atoms with van der Waals surface area (Å²) < 4.78 is 45.6. The van der Waals surface area contributed by atoms with Gasteiger partial charge >= 0.3 is 6.18 Å². The summed E-state index contributed by atoms with van der Waals surface area (Å²) in [6.45, 7) is 4.97. The Bertz CT molecular complexity index is 421. The molecule has 114 valence electrons. The number of aryl methyl sites for hydroxylation is 1. The smallest absolute Gasteiger partial charge is 0.411 e. The third-order valence-corrected chi connectivity index (χ3v) is 2.71. The van der Waals surface area contributed by atoms with Gasteiger partial charge in [-0.1, -0.05) is 24.6 Å². The summed E-state index contributed by atoms with van der Waals surface area (Å²) in [5, 5.41) is 3.24. The van der Waals surface area contributed by atoms with E-state index in [4.69, 9.17) is 4.74 Å². The number of halogens is 3. The van der Waals surface area contributed by atoms with Crippen molar-refractivity contribution in [2.45, 2.75) is 33.0 Å². The van der Waals surface area contributed by atoms with E-state index in [-0.39, 0.29) is 6.04 Å². The van der Waals surface area contributed by atoms with Crippen LogP contribution in [0.1, 0.15) is 31.0 Å². The van der Waals surface area contributed by atoms with E-state index in [9.17, 15) is 13.2 Å². The SMILES string of the molecule is CCNC(C)c1cc(C)ccc1OCOCC(F)(F)F. The van der Waals surface area contributed by atoms with Crippen LogP contribution in [0.3, 0.4) is 0 Å². The molecule has 1 rings (SSSR count). The predicted octanol–water partition coefficient (Wildman–Crippen LogP) is 3.58. The minimum atomic E-state index is -4.34. The zero-order chi connectivity index (χ0) is 15.2. The Morgan fingerprint density at radius 2 is 2.00 bits per heavy atom. The summed E-state index contributed by atoms with van der Waals surface area (Å²) in [5.74, 6) is 0.534. The molecule has 1 unspecified atom stereocenters. The molecule has 1 atom stereocenters. The third kappa shape index (κ3) is 5.79. The summed E-state index contributed by atoms with van der Waals surface area (Å²) in [6.07, 6.45) is -4.34. The van der Waals surface area contributed by atoms with Gasteiger partial charge in [-0.25, -0.2) is 0 Å². The molecular formula is C14H20F3NO2. The summed E-state index contributed by atoms with van der Waals surface area (Å²) in [7, 11) is 0. The van der Waals surface area contributed by atoms with E-state index < -0.39 is 19.6 Å². The van der Waals surface area contributed by atoms with Crippen LogP contribution in [-0.4, -0.2) is 26.1 Å². The number of ether oxygens (including phenoxy) is 2. The zero-order valence-electron chi connectivity index (χ0n) is 11.9. The van der Waals surface area contributed by atoms with Crippen molar-refractivity contribution >= 4 is 0 Å². The fourth-order valence-corrected chi connectivity index (χ4v) is 1.82. The molecule has 0 aliphatic rings. The highest BCUT2D eigenvalue weighted by atomic mass is 19.4. The fourth-order valence-electron chi connectivity index (χ4n) is 1.82. The Morgan fingerprint density at radius 3 is 2.60 bits per heavy atom. The van der Waals surface area contributed by atoms with Gasteiger partial charge in [0.05, 0.1) is 0 Å². The Labute approximate surface area is 117 Å². The highest BCUT2D eigenvalue weighted by Crippen LogP contribution is 2.26. The van der Waals surface area contributed by atoms with Gasteiger partial charge in [-0.2, -0.15) is 13.2 Å². The van der Waals surface area contributed by atoms with Crippen LogP contribution >= 0.6 is 0 Å². The lowest BCUT2D eigenvalue weighted by Gasteiger charge is -2.18. The van der Waals surface area contributed by atoms with Gasteiger partial charge in [0, 0.05) is 11.6 Å². The molecule has 3 nitrogen and oxygen atoms in total. The summed E-state index contributed by atoms with van der Waals surface area (Å²) in [6, 6.07) is 5.60. The molecule has 0 fully saturated rings. The van der Waals surface area contributed by atoms with Crippen LogP contribution < -0.4 is 10.1 Å². The number of benzene rings is 1. The lowest BCUT2D eigenvalue weighted by atomic mass is 10.0. The van der Waals surface area contributed by atoms with E-state index in [2.05, 4.69) is 10.1 Å². The third-order valence-electron chi connectivity index (χ3n) is 2.71. The first-order valence-corrected chi connectivity index (χ1v) is 6.44. The molecule has 0 aromatic heterocycles. The molecule has 0 bridgehead atoms. The molecule has 6 heteroatoms. The Kier molecular flexibility index (Phi) is 6.29. The van der Waals surface area contributed by atoms with Gasteiger partial charge in [0.15, 0.2) is 6.79 Å². The van der Waals surface area contributed by atoms with Crippen molar-refractivity contribution in [2.24, 2.45) is 0 Å². The lowest BCUT2D eigenvalue weighted by molar-refractivity contribution is -0.186. The van der Waals surface area contributed by atoms with Crippen molar-refractivity contribution in [1.82, 2.24) is 5.32 Å². The maximum Gasteiger partial charge on any atom is 0.411 e. The van der Waals surface area contributed by atoms with Crippen LogP contribution in [0.25, 0.3) is 0 Å². The Morgan fingerprint density at radius 1 is 1.30 bits per heavy atom. The van der Waals surface area contributed by atoms with Gasteiger partial charge in [0.1, 0.15) is 12.4 Å². The second-order valence-electron chi connectivity index (χ2n) is 4.55. The summed E-state index contributed by atoms with van der Waals surface area (Å²) in [5.41, 5.74) is 1.97. The number of nitrogens with one attached hydrogen (secondary N) is 1. The normalized spacial score (nSPS) is 13.3. The first-order valence-electron chi connectivity index (χ1n) is 6.44. The predicted molar refractivity (Wildman–Crippen MR) is 70.8 cm³/mol. The molecule has 1 aromatic rings. The Hall–Kier alpha value is -1.27. The Balaban J connectivity index is 2.64. The fraction of sp³-hybridized carbons (Fsp3) is 0.571. The zero-order valence-corrected chi connectivity index (χ0v) is 11.9. The minimum Gasteiger partial charge on any atom is -0.467 e. The van der Waals surface area contributed by atoms with E-state index in [0.717, 1.165) is 17.7 Å². The number of hydrogen-bond donors (Lipinski definition) is 1.